The van der Waals surface area contributed by atoms with Crippen molar-refractivity contribution < 1.29 is 9.53 Å². The monoisotopic (exact) mass is 294 g/mol. The molecule has 0 aliphatic carbocycles. The van der Waals surface area contributed by atoms with E-state index < -0.39 is 5.24 Å². The molecule has 0 aliphatic rings. The van der Waals surface area contributed by atoms with E-state index in [2.05, 4.69) is 0 Å². The van der Waals surface area contributed by atoms with Crippen LogP contribution in [0.1, 0.15) is 21.5 Å². The normalized spacial score (nSPS) is 10.3. The van der Waals surface area contributed by atoms with Gasteiger partial charge in [0.15, 0.2) is 0 Å². The molecule has 0 saturated carbocycles. The summed E-state index contributed by atoms with van der Waals surface area (Å²) in [5.74, 6) is 0.450. The molecular weight excluding hydrogens is 283 g/mol. The molecule has 4 heteroatoms. The van der Waals surface area contributed by atoms with E-state index in [0.717, 1.165) is 11.1 Å². The summed E-state index contributed by atoms with van der Waals surface area (Å²) in [5, 5.41) is -0.0824. The summed E-state index contributed by atoms with van der Waals surface area (Å²) in [6, 6.07) is 13.0. The Morgan fingerprint density at radius 3 is 2.53 bits per heavy atom. The van der Waals surface area contributed by atoms with Crippen LogP contribution in [0.15, 0.2) is 42.5 Å². The minimum Gasteiger partial charge on any atom is -0.488 e. The Balaban J connectivity index is 2.24. The number of benzene rings is 2. The number of carbonyl (C=O) groups excluding carboxylic acids is 1. The fourth-order valence-corrected chi connectivity index (χ4v) is 1.97. The molecule has 0 aliphatic heterocycles. The molecule has 19 heavy (non-hydrogen) atoms. The summed E-state index contributed by atoms with van der Waals surface area (Å²) < 4.78 is 5.66. The lowest BCUT2D eigenvalue weighted by molar-refractivity contribution is 0.107. The number of ether oxygens (including phenoxy) is 1. The van der Waals surface area contributed by atoms with Crippen LogP contribution in [0.5, 0.6) is 5.75 Å². The van der Waals surface area contributed by atoms with Crippen LogP contribution in [0.2, 0.25) is 5.02 Å². The van der Waals surface area contributed by atoms with E-state index in [1.54, 1.807) is 6.07 Å². The van der Waals surface area contributed by atoms with Crippen LogP contribution in [0.3, 0.4) is 0 Å². The van der Waals surface area contributed by atoms with E-state index in [0.29, 0.717) is 17.4 Å². The highest BCUT2D eigenvalue weighted by Crippen LogP contribution is 2.28. The zero-order valence-electron chi connectivity index (χ0n) is 10.3. The van der Waals surface area contributed by atoms with Crippen LogP contribution in [0, 0.1) is 6.92 Å². The molecule has 2 nitrogen and oxygen atoms in total. The molecule has 0 saturated heterocycles. The maximum absolute atomic E-state index is 11.4. The van der Waals surface area contributed by atoms with Gasteiger partial charge in [0.2, 0.25) is 0 Å². The fourth-order valence-electron chi connectivity index (χ4n) is 1.66. The largest absolute Gasteiger partial charge is 0.488 e. The number of halogens is 2. The lowest BCUT2D eigenvalue weighted by Crippen LogP contribution is -2.01. The van der Waals surface area contributed by atoms with Crippen LogP contribution in [-0.2, 0) is 6.61 Å². The molecule has 0 bridgehead atoms. The van der Waals surface area contributed by atoms with Crippen LogP contribution in [0.25, 0.3) is 0 Å². The molecule has 98 valence electrons. The first kappa shape index (κ1) is 13.9. The van der Waals surface area contributed by atoms with Gasteiger partial charge in [0.05, 0.1) is 5.56 Å². The van der Waals surface area contributed by atoms with Gasteiger partial charge in [-0.25, -0.2) is 0 Å². The van der Waals surface area contributed by atoms with Crippen molar-refractivity contribution in [1.82, 2.24) is 0 Å². The SMILES string of the molecule is Cc1cc(OCc2ccccc2)c(C(=O)Cl)cc1Cl. The predicted molar refractivity (Wildman–Crippen MR) is 77.1 cm³/mol. The average Bonchev–Trinajstić information content (AvgIpc) is 2.40. The van der Waals surface area contributed by atoms with E-state index in [-0.39, 0.29) is 5.56 Å². The Bertz CT molecular complexity index is 595. The molecule has 2 rings (SSSR count). The van der Waals surface area contributed by atoms with Crippen molar-refractivity contribution in [3.63, 3.8) is 0 Å². The lowest BCUT2D eigenvalue weighted by atomic mass is 10.1. The van der Waals surface area contributed by atoms with Gasteiger partial charge in [0.1, 0.15) is 12.4 Å². The van der Waals surface area contributed by atoms with Crippen LogP contribution in [0.4, 0.5) is 0 Å². The van der Waals surface area contributed by atoms with E-state index >= 15 is 0 Å². The number of aryl methyl sites for hydroxylation is 1. The first-order valence-corrected chi connectivity index (χ1v) is 6.50. The molecule has 0 heterocycles. The number of rotatable bonds is 4. The van der Waals surface area contributed by atoms with Crippen molar-refractivity contribution in [3.8, 4) is 5.75 Å². The third kappa shape index (κ3) is 3.49. The Morgan fingerprint density at radius 1 is 1.21 bits per heavy atom. The van der Waals surface area contributed by atoms with Gasteiger partial charge < -0.3 is 4.74 Å². The maximum Gasteiger partial charge on any atom is 0.256 e. The van der Waals surface area contributed by atoms with Gasteiger partial charge in [0, 0.05) is 5.02 Å². The fraction of sp³-hybridized carbons (Fsp3) is 0.133. The minimum absolute atomic E-state index is 0.285. The summed E-state index contributed by atoms with van der Waals surface area (Å²) in [6.07, 6.45) is 0. The van der Waals surface area contributed by atoms with Crippen LogP contribution in [-0.4, -0.2) is 5.24 Å². The van der Waals surface area contributed by atoms with Crippen LogP contribution >= 0.6 is 23.2 Å². The number of hydrogen-bond donors (Lipinski definition) is 0. The summed E-state index contributed by atoms with van der Waals surface area (Å²) in [7, 11) is 0. The Morgan fingerprint density at radius 2 is 1.89 bits per heavy atom. The second-order valence-electron chi connectivity index (χ2n) is 4.15. The molecule has 0 spiro atoms. The second-order valence-corrected chi connectivity index (χ2v) is 4.90. The molecular formula is C15H12Cl2O2. The zero-order chi connectivity index (χ0) is 13.8. The van der Waals surface area contributed by atoms with E-state index in [9.17, 15) is 4.79 Å². The summed E-state index contributed by atoms with van der Waals surface area (Å²) >= 11 is 11.5. The molecule has 0 radical (unpaired) electrons. The van der Waals surface area contributed by atoms with Crippen molar-refractivity contribution in [3.05, 3.63) is 64.2 Å². The third-order valence-electron chi connectivity index (χ3n) is 2.71. The van der Waals surface area contributed by atoms with Gasteiger partial charge in [-0.3, -0.25) is 4.79 Å². The van der Waals surface area contributed by atoms with Crippen molar-refractivity contribution in [2.45, 2.75) is 13.5 Å². The molecule has 0 fully saturated rings. The molecule has 2 aromatic rings. The van der Waals surface area contributed by atoms with Crippen molar-refractivity contribution in [2.24, 2.45) is 0 Å². The molecule has 0 unspecified atom stereocenters. The van der Waals surface area contributed by atoms with E-state index in [1.807, 2.05) is 37.3 Å². The van der Waals surface area contributed by atoms with Crippen molar-refractivity contribution in [1.29, 1.82) is 0 Å². The predicted octanol–water partition coefficient (Wildman–Crippen LogP) is 4.61. The Kier molecular flexibility index (Phi) is 4.46. The van der Waals surface area contributed by atoms with Gasteiger partial charge in [0.25, 0.3) is 5.24 Å². The highest BCUT2D eigenvalue weighted by atomic mass is 35.5. The second kappa shape index (κ2) is 6.09. The molecule has 0 N–H and O–H groups in total. The summed E-state index contributed by atoms with van der Waals surface area (Å²) in [4.78, 5) is 11.4. The smallest absolute Gasteiger partial charge is 0.256 e. The van der Waals surface area contributed by atoms with Crippen LogP contribution < -0.4 is 4.74 Å². The first-order valence-electron chi connectivity index (χ1n) is 5.74. The highest BCUT2D eigenvalue weighted by molar-refractivity contribution is 6.68. The Labute approximate surface area is 121 Å². The quantitative estimate of drug-likeness (QED) is 0.770. The minimum atomic E-state index is -0.579. The summed E-state index contributed by atoms with van der Waals surface area (Å²) in [5.41, 5.74) is 2.14. The third-order valence-corrected chi connectivity index (χ3v) is 3.32. The van der Waals surface area contributed by atoms with Gasteiger partial charge in [-0.2, -0.15) is 0 Å². The lowest BCUT2D eigenvalue weighted by Gasteiger charge is -2.11. The standard InChI is InChI=1S/C15H12Cl2O2/c1-10-7-14(12(15(17)18)8-13(10)16)19-9-11-5-3-2-4-6-11/h2-8H,9H2,1H3. The average molecular weight is 295 g/mol. The summed E-state index contributed by atoms with van der Waals surface area (Å²) in [6.45, 7) is 2.22. The molecule has 0 amide bonds. The highest BCUT2D eigenvalue weighted by Gasteiger charge is 2.13. The van der Waals surface area contributed by atoms with E-state index in [1.165, 1.54) is 6.07 Å². The Hall–Kier alpha value is -1.51. The van der Waals surface area contributed by atoms with Gasteiger partial charge in [-0.15, -0.1) is 0 Å². The zero-order valence-corrected chi connectivity index (χ0v) is 11.8. The van der Waals surface area contributed by atoms with Gasteiger partial charge in [-0.1, -0.05) is 41.9 Å². The van der Waals surface area contributed by atoms with Crippen molar-refractivity contribution in [2.75, 3.05) is 0 Å². The van der Waals surface area contributed by atoms with Crippen molar-refractivity contribution >= 4 is 28.4 Å². The van der Waals surface area contributed by atoms with E-state index in [4.69, 9.17) is 27.9 Å². The number of hydrogen-bond acceptors (Lipinski definition) is 2. The molecule has 0 aromatic heterocycles. The van der Waals surface area contributed by atoms with Gasteiger partial charge >= 0.3 is 0 Å². The maximum atomic E-state index is 11.4. The van der Waals surface area contributed by atoms with Gasteiger partial charge in [-0.05, 0) is 41.8 Å². The topological polar surface area (TPSA) is 26.3 Å². The first-order chi connectivity index (χ1) is 9.08. The number of carbonyl (C=O) groups is 1. The molecule has 2 aromatic carbocycles. The molecule has 0 atom stereocenters.